The second-order valence-electron chi connectivity index (χ2n) is 11.8. The molecule has 258 valence electrons. The van der Waals surface area contributed by atoms with Gasteiger partial charge in [-0.2, -0.15) is 0 Å². The summed E-state index contributed by atoms with van der Waals surface area (Å²) in [6.45, 7) is 0.692. The first-order valence-corrected chi connectivity index (χ1v) is 14.7. The number of ether oxygens (including phenoxy) is 1. The summed E-state index contributed by atoms with van der Waals surface area (Å²) in [5, 5.41) is 14.6. The fourth-order valence-corrected chi connectivity index (χ4v) is 6.20. The summed E-state index contributed by atoms with van der Waals surface area (Å²) < 4.78 is 20.3. The summed E-state index contributed by atoms with van der Waals surface area (Å²) in [6.07, 6.45) is 8.88. The molecule has 7 N–H and O–H groups in total. The van der Waals surface area contributed by atoms with Gasteiger partial charge in [-0.25, -0.2) is 19.2 Å². The molecular weight excluding hydrogens is 649 g/mol. The number of carboxylic acids is 1. The largest absolute Gasteiger partial charge is 0.477 e. The van der Waals surface area contributed by atoms with Crippen LogP contribution in [0.3, 0.4) is 0 Å². The van der Waals surface area contributed by atoms with Crippen molar-refractivity contribution in [3.63, 3.8) is 0 Å². The van der Waals surface area contributed by atoms with Crippen LogP contribution in [-0.4, -0.2) is 51.0 Å². The van der Waals surface area contributed by atoms with E-state index in [0.29, 0.717) is 11.0 Å². The fraction of sp³-hybridized carbons (Fsp3) is 0.406. The molecule has 0 unspecified atom stereocenters. The van der Waals surface area contributed by atoms with Crippen LogP contribution < -0.4 is 33.0 Å². The minimum Gasteiger partial charge on any atom is -0.477 e. The number of hydrogen-bond donors (Lipinski definition) is 5. The summed E-state index contributed by atoms with van der Waals surface area (Å²) in [4.78, 5) is 66.1. The third kappa shape index (κ3) is 7.16. The number of nitrogens with two attached hydrogens (primary N) is 2. The fourth-order valence-electron chi connectivity index (χ4n) is 6.20. The van der Waals surface area contributed by atoms with Crippen LogP contribution in [0.1, 0.15) is 78.1 Å². The van der Waals surface area contributed by atoms with Gasteiger partial charge in [-0.05, 0) is 68.2 Å². The van der Waals surface area contributed by atoms with E-state index in [-0.39, 0.29) is 78.3 Å². The summed E-state index contributed by atoms with van der Waals surface area (Å²) in [5.41, 5.74) is 10.3. The highest BCUT2D eigenvalue weighted by atomic mass is 35.5. The Morgan fingerprint density at radius 1 is 1.06 bits per heavy atom. The summed E-state index contributed by atoms with van der Waals surface area (Å²) >= 11 is 0. The van der Waals surface area contributed by atoms with E-state index in [9.17, 15) is 33.5 Å². The molecule has 0 spiro atoms. The van der Waals surface area contributed by atoms with E-state index in [1.165, 1.54) is 42.2 Å². The van der Waals surface area contributed by atoms with Crippen molar-refractivity contribution in [1.29, 1.82) is 0 Å². The molecule has 7 rings (SSSR count). The highest BCUT2D eigenvalue weighted by molar-refractivity contribution is 5.96. The van der Waals surface area contributed by atoms with Crippen LogP contribution in [0, 0.1) is 16.6 Å². The van der Waals surface area contributed by atoms with E-state index < -0.39 is 28.6 Å². The van der Waals surface area contributed by atoms with Crippen LogP contribution in [0.2, 0.25) is 0 Å². The minimum atomic E-state index is -1.25. The van der Waals surface area contributed by atoms with Gasteiger partial charge in [-0.3, -0.25) is 23.6 Å². The van der Waals surface area contributed by atoms with Gasteiger partial charge in [0.15, 0.2) is 5.65 Å². The highest BCUT2D eigenvalue weighted by Crippen LogP contribution is 2.56. The van der Waals surface area contributed by atoms with Gasteiger partial charge in [-0.15, -0.1) is 12.4 Å². The zero-order valence-corrected chi connectivity index (χ0v) is 26.3. The normalized spacial score (nSPS) is 19.3. The van der Waals surface area contributed by atoms with Gasteiger partial charge in [0.25, 0.3) is 16.8 Å². The van der Waals surface area contributed by atoms with Crippen molar-refractivity contribution in [3.05, 3.63) is 85.6 Å². The van der Waals surface area contributed by atoms with Gasteiger partial charge in [0.1, 0.15) is 34.9 Å². The lowest BCUT2D eigenvalue weighted by Gasteiger charge is -2.51. The van der Waals surface area contributed by atoms with Crippen molar-refractivity contribution < 1.29 is 28.6 Å². The van der Waals surface area contributed by atoms with Crippen molar-refractivity contribution in [1.82, 2.24) is 19.7 Å². The number of carbonyl (C=O) groups excluding carboxylic acids is 2. The number of rotatable bonds is 9. The third-order valence-corrected chi connectivity index (χ3v) is 9.26. The number of fused-ring (bicyclic) bond motifs is 4. The van der Waals surface area contributed by atoms with Gasteiger partial charge >= 0.3 is 11.9 Å². The Hall–Kier alpha value is -4.89. The smallest absolute Gasteiger partial charge is 0.353 e. The average Bonchev–Trinajstić information content (AvgIpc) is 3.57. The number of amides is 1. The number of imidazole rings is 1. The van der Waals surface area contributed by atoms with Gasteiger partial charge in [-0.1, -0.05) is 13.5 Å². The van der Waals surface area contributed by atoms with Crippen LogP contribution in [0.5, 0.6) is 0 Å². The van der Waals surface area contributed by atoms with Crippen LogP contribution in [0.15, 0.2) is 46.4 Å². The van der Waals surface area contributed by atoms with E-state index >= 15 is 0 Å². The van der Waals surface area contributed by atoms with Crippen molar-refractivity contribution in [3.8, 4) is 0 Å². The molecule has 2 heterocycles. The lowest BCUT2D eigenvalue weighted by Crippen LogP contribution is -2.49. The van der Waals surface area contributed by atoms with Gasteiger partial charge in [0.05, 0.1) is 18.7 Å². The molecule has 16 heteroatoms. The molecule has 0 saturated heterocycles. The summed E-state index contributed by atoms with van der Waals surface area (Å²) in [5.74, 6) is -2.43. The SMILES string of the molecule is C.COC(=O)C12CCC(CN)(CC1)CC2.Cl.Nc1c(NCc2cc(CNC(=O)c3cc(C(=O)O)n4cncc4n3)ccc2F)c(=O)c1=O. The number of aromatic nitrogens is 3. The van der Waals surface area contributed by atoms with Crippen LogP contribution in [0.25, 0.3) is 5.65 Å². The Balaban J connectivity index is 0.000000329. The molecule has 2 aromatic heterocycles. The number of esters is 1. The van der Waals surface area contributed by atoms with Crippen molar-refractivity contribution in [2.75, 3.05) is 24.7 Å². The number of nitrogen functional groups attached to an aromatic ring is 1. The lowest BCUT2D eigenvalue weighted by molar-refractivity contribution is -0.162. The molecule has 3 fully saturated rings. The molecule has 3 aliphatic rings. The first-order valence-electron chi connectivity index (χ1n) is 14.7. The first kappa shape index (κ1) is 37.6. The van der Waals surface area contributed by atoms with Crippen LogP contribution in [-0.2, 0) is 22.6 Å². The van der Waals surface area contributed by atoms with Crippen molar-refractivity contribution in [2.24, 2.45) is 16.6 Å². The molecule has 0 aliphatic heterocycles. The molecule has 48 heavy (non-hydrogen) atoms. The van der Waals surface area contributed by atoms with Crippen LogP contribution >= 0.6 is 12.4 Å². The van der Waals surface area contributed by atoms with E-state index in [1.54, 1.807) is 0 Å². The molecule has 3 saturated carbocycles. The van der Waals surface area contributed by atoms with E-state index in [1.807, 2.05) is 0 Å². The molecule has 0 atom stereocenters. The number of benzene rings is 1. The molecular formula is C32H39ClFN7O7. The Kier molecular flexibility index (Phi) is 11.7. The van der Waals surface area contributed by atoms with Gasteiger partial charge in [0.2, 0.25) is 0 Å². The Morgan fingerprint density at radius 2 is 1.73 bits per heavy atom. The monoisotopic (exact) mass is 687 g/mol. The van der Waals surface area contributed by atoms with E-state index in [0.717, 1.165) is 51.1 Å². The predicted molar refractivity (Wildman–Crippen MR) is 178 cm³/mol. The number of carbonyl (C=O) groups is 3. The van der Waals surface area contributed by atoms with Gasteiger partial charge < -0.3 is 31.9 Å². The maximum absolute atomic E-state index is 14.1. The maximum atomic E-state index is 14.1. The third-order valence-electron chi connectivity index (χ3n) is 9.26. The predicted octanol–water partition coefficient (Wildman–Crippen LogP) is 2.80. The number of halogens is 2. The number of methoxy groups -OCH3 is 1. The molecule has 1 amide bonds. The molecule has 4 aromatic rings. The number of nitrogens with zero attached hydrogens (tertiary/aromatic N) is 3. The number of nitrogens with one attached hydrogen (secondary N) is 2. The zero-order chi connectivity index (χ0) is 33.2. The molecule has 2 aromatic carbocycles. The molecule has 14 nitrogen and oxygen atoms in total. The Bertz CT molecular complexity index is 1880. The quantitative estimate of drug-likeness (QED) is 0.127. The average molecular weight is 688 g/mol. The zero-order valence-electron chi connectivity index (χ0n) is 25.5. The maximum Gasteiger partial charge on any atom is 0.353 e. The van der Waals surface area contributed by atoms with Gasteiger partial charge in [0, 0.05) is 24.7 Å². The number of anilines is 2. The molecule has 3 aliphatic carbocycles. The number of carboxylic acid groups (broad SMARTS) is 1. The molecule has 2 bridgehead atoms. The van der Waals surface area contributed by atoms with E-state index in [2.05, 4.69) is 20.6 Å². The Morgan fingerprint density at radius 3 is 2.31 bits per heavy atom. The van der Waals surface area contributed by atoms with Crippen molar-refractivity contribution in [2.45, 2.75) is 59.0 Å². The highest BCUT2D eigenvalue weighted by Gasteiger charge is 2.52. The van der Waals surface area contributed by atoms with Crippen LogP contribution in [0.4, 0.5) is 15.8 Å². The topological polar surface area (TPSA) is 221 Å². The summed E-state index contributed by atoms with van der Waals surface area (Å²) in [7, 11) is 1.50. The second kappa shape index (κ2) is 14.9. The Labute approximate surface area is 281 Å². The minimum absolute atomic E-state index is 0. The standard InChI is InChI=1S/C20H15FN6O5.C11H19NO2.CH4.ClH/c21-11-2-1-9(3-10(11)6-24-16-15(22)17(28)18(16)29)5-25-19(30)12-4-13(20(31)32)27-8-23-7-14(27)26-12;1-14-9(13)11-5-2-10(8-12,3-6-11)4-7-11;;/h1-4,7-8,24H,5-6,22H2,(H,25,30)(H,31,32);2-8,12H2,1H3;1H4;1H. The number of aromatic carboxylic acids is 1. The van der Waals surface area contributed by atoms with E-state index in [4.69, 9.17) is 16.2 Å². The summed E-state index contributed by atoms with van der Waals surface area (Å²) in [6, 6.07) is 5.26. The molecule has 0 radical (unpaired) electrons. The number of hydrogen-bond acceptors (Lipinski definition) is 11. The van der Waals surface area contributed by atoms with Crippen molar-refractivity contribution >= 4 is 47.3 Å². The lowest BCUT2D eigenvalue weighted by atomic mass is 9.54. The second-order valence-corrected chi connectivity index (χ2v) is 11.8. The first-order chi connectivity index (χ1) is 21.9.